The van der Waals surface area contributed by atoms with Crippen molar-refractivity contribution in [2.24, 2.45) is 5.10 Å². The van der Waals surface area contributed by atoms with Crippen molar-refractivity contribution in [3.05, 3.63) is 94.7 Å². The van der Waals surface area contributed by atoms with Crippen LogP contribution >= 0.6 is 27.7 Å². The van der Waals surface area contributed by atoms with Gasteiger partial charge >= 0.3 is 0 Å². The summed E-state index contributed by atoms with van der Waals surface area (Å²) in [6, 6.07) is 23.5. The van der Waals surface area contributed by atoms with Gasteiger partial charge < -0.3 is 0 Å². The fourth-order valence-corrected chi connectivity index (χ4v) is 3.90. The Bertz CT molecular complexity index is 1240. The van der Waals surface area contributed by atoms with E-state index in [1.165, 1.54) is 30.1 Å². The minimum absolute atomic E-state index is 0.0891. The number of para-hydroxylation sites is 1. The highest BCUT2D eigenvalue weighted by atomic mass is 79.9. The number of thioether (sulfide) groups is 1. The Morgan fingerprint density at radius 3 is 2.59 bits per heavy atom. The lowest BCUT2D eigenvalue weighted by atomic mass is 10.2. The van der Waals surface area contributed by atoms with E-state index in [0.29, 0.717) is 16.5 Å². The van der Waals surface area contributed by atoms with Crippen LogP contribution in [0.25, 0.3) is 17.1 Å². The predicted molar refractivity (Wildman–Crippen MR) is 127 cm³/mol. The number of nitrogens with one attached hydrogen (secondary N) is 1. The summed E-state index contributed by atoms with van der Waals surface area (Å²) < 4.78 is 16.1. The molecule has 0 atom stereocenters. The van der Waals surface area contributed by atoms with Crippen molar-refractivity contribution < 1.29 is 9.18 Å². The molecule has 9 heteroatoms. The topological polar surface area (TPSA) is 72.2 Å². The van der Waals surface area contributed by atoms with E-state index in [1.807, 2.05) is 59.2 Å². The van der Waals surface area contributed by atoms with Crippen molar-refractivity contribution in [2.45, 2.75) is 5.16 Å². The second-order valence-electron chi connectivity index (χ2n) is 6.62. The molecule has 1 aromatic heterocycles. The molecule has 0 aliphatic heterocycles. The third kappa shape index (κ3) is 5.49. The van der Waals surface area contributed by atoms with E-state index in [9.17, 15) is 9.18 Å². The van der Waals surface area contributed by atoms with Crippen LogP contribution in [0.5, 0.6) is 0 Å². The van der Waals surface area contributed by atoms with Crippen molar-refractivity contribution in [3.8, 4) is 17.1 Å². The van der Waals surface area contributed by atoms with Gasteiger partial charge in [0.1, 0.15) is 5.82 Å². The van der Waals surface area contributed by atoms with Crippen molar-refractivity contribution >= 4 is 39.8 Å². The van der Waals surface area contributed by atoms with Crippen molar-refractivity contribution in [2.75, 3.05) is 5.75 Å². The first-order chi connectivity index (χ1) is 15.6. The molecule has 6 nitrogen and oxygen atoms in total. The molecule has 0 saturated carbocycles. The van der Waals surface area contributed by atoms with Gasteiger partial charge in [-0.15, -0.1) is 10.2 Å². The number of hydrazone groups is 1. The summed E-state index contributed by atoms with van der Waals surface area (Å²) in [5, 5.41) is 13.1. The molecule has 0 spiro atoms. The van der Waals surface area contributed by atoms with Crippen LogP contribution in [0.3, 0.4) is 0 Å². The summed E-state index contributed by atoms with van der Waals surface area (Å²) in [5.74, 6) is 0.0926. The summed E-state index contributed by atoms with van der Waals surface area (Å²) in [5.41, 5.74) is 4.80. The third-order valence-electron chi connectivity index (χ3n) is 4.33. The molecular weight excluding hydrogens is 493 g/mol. The molecule has 0 aliphatic rings. The first kappa shape index (κ1) is 21.9. The van der Waals surface area contributed by atoms with Crippen molar-refractivity contribution in [3.63, 3.8) is 0 Å². The standard InChI is InChI=1S/C23H17BrFN5OS/c24-18-11-9-17(10-12-18)22-28-29-23(30(22)20-7-2-1-3-8-20)32-15-21(31)27-26-14-16-5-4-6-19(25)13-16/h1-14H,15H2,(H,27,31)/b26-14-. The number of halogens is 2. The van der Waals surface area contributed by atoms with Crippen LogP contribution in [-0.2, 0) is 4.79 Å². The molecule has 0 aliphatic carbocycles. The molecule has 1 heterocycles. The van der Waals surface area contributed by atoms with Crippen LogP contribution in [0.2, 0.25) is 0 Å². The Kier molecular flexibility index (Phi) is 7.08. The van der Waals surface area contributed by atoms with Gasteiger partial charge in [0.05, 0.1) is 12.0 Å². The molecule has 0 saturated heterocycles. The first-order valence-corrected chi connectivity index (χ1v) is 11.3. The number of carbonyl (C=O) groups excluding carboxylic acids is 1. The van der Waals surface area contributed by atoms with E-state index in [4.69, 9.17) is 0 Å². The predicted octanol–water partition coefficient (Wildman–Crippen LogP) is 5.08. The molecule has 3 aromatic carbocycles. The Hall–Kier alpha value is -3.30. The molecular formula is C23H17BrFN5OS. The second kappa shape index (κ2) is 10.3. The number of amides is 1. The van der Waals surface area contributed by atoms with Crippen LogP contribution in [0, 0.1) is 5.82 Å². The van der Waals surface area contributed by atoms with Gasteiger partial charge in [-0.05, 0) is 42.0 Å². The van der Waals surface area contributed by atoms with Gasteiger partial charge in [0.2, 0.25) is 0 Å². The van der Waals surface area contributed by atoms with Crippen LogP contribution in [0.1, 0.15) is 5.56 Å². The molecule has 4 rings (SSSR count). The van der Waals surface area contributed by atoms with Gasteiger partial charge in [0.15, 0.2) is 11.0 Å². The fourth-order valence-electron chi connectivity index (χ4n) is 2.89. The average molecular weight is 510 g/mol. The summed E-state index contributed by atoms with van der Waals surface area (Å²) in [7, 11) is 0. The lowest BCUT2D eigenvalue weighted by Crippen LogP contribution is -2.20. The lowest BCUT2D eigenvalue weighted by molar-refractivity contribution is -0.118. The summed E-state index contributed by atoms with van der Waals surface area (Å²) in [6.07, 6.45) is 1.39. The smallest absolute Gasteiger partial charge is 0.250 e. The van der Waals surface area contributed by atoms with Crippen molar-refractivity contribution in [1.29, 1.82) is 0 Å². The van der Waals surface area contributed by atoms with Crippen molar-refractivity contribution in [1.82, 2.24) is 20.2 Å². The molecule has 1 N–H and O–H groups in total. The van der Waals surface area contributed by atoms with Gasteiger partial charge in [-0.25, -0.2) is 9.82 Å². The molecule has 160 valence electrons. The number of rotatable bonds is 7. The highest BCUT2D eigenvalue weighted by molar-refractivity contribution is 9.10. The maximum atomic E-state index is 13.2. The van der Waals surface area contributed by atoms with E-state index < -0.39 is 0 Å². The minimum Gasteiger partial charge on any atom is -0.272 e. The highest BCUT2D eigenvalue weighted by Crippen LogP contribution is 2.28. The van der Waals surface area contributed by atoms with Gasteiger partial charge in [0.25, 0.3) is 5.91 Å². The van der Waals surface area contributed by atoms with Crippen LogP contribution in [-0.4, -0.2) is 32.6 Å². The maximum Gasteiger partial charge on any atom is 0.250 e. The van der Waals surface area contributed by atoms with Gasteiger partial charge in [-0.3, -0.25) is 9.36 Å². The number of nitrogens with zero attached hydrogens (tertiary/aromatic N) is 4. The summed E-state index contributed by atoms with van der Waals surface area (Å²) in [6.45, 7) is 0. The van der Waals surface area contributed by atoms with E-state index >= 15 is 0 Å². The lowest BCUT2D eigenvalue weighted by Gasteiger charge is -2.10. The van der Waals surface area contributed by atoms with Gasteiger partial charge in [0, 0.05) is 15.7 Å². The SMILES string of the molecule is O=C(CSc1nnc(-c2ccc(Br)cc2)n1-c1ccccc1)N/N=C\c1cccc(F)c1. The number of hydrogen-bond acceptors (Lipinski definition) is 5. The van der Waals surface area contributed by atoms with Gasteiger partial charge in [-0.1, -0.05) is 70.2 Å². The quantitative estimate of drug-likeness (QED) is 0.214. The fraction of sp³-hybridized carbons (Fsp3) is 0.0435. The average Bonchev–Trinajstić information content (AvgIpc) is 3.23. The largest absolute Gasteiger partial charge is 0.272 e. The highest BCUT2D eigenvalue weighted by Gasteiger charge is 2.17. The zero-order chi connectivity index (χ0) is 22.3. The van der Waals surface area contributed by atoms with E-state index in [-0.39, 0.29) is 17.5 Å². The van der Waals surface area contributed by atoms with E-state index in [0.717, 1.165) is 15.7 Å². The molecule has 0 radical (unpaired) electrons. The summed E-state index contributed by atoms with van der Waals surface area (Å²) >= 11 is 4.70. The zero-order valence-electron chi connectivity index (χ0n) is 16.7. The Labute approximate surface area is 196 Å². The number of benzene rings is 3. The normalized spacial score (nSPS) is 11.1. The molecule has 0 unspecified atom stereocenters. The molecule has 0 bridgehead atoms. The Morgan fingerprint density at radius 2 is 1.84 bits per heavy atom. The van der Waals surface area contributed by atoms with Crippen LogP contribution < -0.4 is 5.43 Å². The van der Waals surface area contributed by atoms with Gasteiger partial charge in [-0.2, -0.15) is 5.10 Å². The monoisotopic (exact) mass is 509 g/mol. The minimum atomic E-state index is -0.363. The Balaban J connectivity index is 1.49. The molecule has 1 amide bonds. The second-order valence-corrected chi connectivity index (χ2v) is 8.48. The Morgan fingerprint density at radius 1 is 1.06 bits per heavy atom. The van der Waals surface area contributed by atoms with Crippen LogP contribution in [0.15, 0.2) is 93.6 Å². The third-order valence-corrected chi connectivity index (χ3v) is 5.79. The molecule has 0 fully saturated rings. The number of hydrogen-bond donors (Lipinski definition) is 1. The maximum absolute atomic E-state index is 13.2. The van der Waals surface area contributed by atoms with E-state index in [2.05, 4.69) is 36.7 Å². The molecule has 4 aromatic rings. The number of aromatic nitrogens is 3. The molecule has 32 heavy (non-hydrogen) atoms. The number of carbonyl (C=O) groups is 1. The van der Waals surface area contributed by atoms with Crippen LogP contribution in [0.4, 0.5) is 4.39 Å². The zero-order valence-corrected chi connectivity index (χ0v) is 19.1. The first-order valence-electron chi connectivity index (χ1n) is 9.57. The summed E-state index contributed by atoms with van der Waals surface area (Å²) in [4.78, 5) is 12.3. The van der Waals surface area contributed by atoms with E-state index in [1.54, 1.807) is 12.1 Å².